The Bertz CT molecular complexity index is 474. The van der Waals surface area contributed by atoms with Crippen molar-refractivity contribution in [2.75, 3.05) is 13.1 Å². The molecule has 2 atom stereocenters. The van der Waals surface area contributed by atoms with Crippen molar-refractivity contribution < 1.29 is 0 Å². The molecule has 0 amide bonds. The zero-order valence-corrected chi connectivity index (χ0v) is 13.4. The smallest absolute Gasteiger partial charge is 0.0595 e. The van der Waals surface area contributed by atoms with Crippen molar-refractivity contribution in [3.8, 4) is 0 Å². The van der Waals surface area contributed by atoms with Crippen molar-refractivity contribution in [3.63, 3.8) is 0 Å². The molecule has 1 aromatic carbocycles. The highest BCUT2D eigenvalue weighted by Crippen LogP contribution is 2.34. The Balaban J connectivity index is 1.70. The average Bonchev–Trinajstić information content (AvgIpc) is 3.24. The van der Waals surface area contributed by atoms with E-state index in [-0.39, 0.29) is 0 Å². The standard InChI is InChI=1S/C16H22Cl2N2/c1-11-6-7-19-16(13-3-4-13)10-20(11)9-12-2-5-14(17)15(18)8-12/h2,5,8,11,13,16,19H,3-4,6-7,9-10H2,1H3. The van der Waals surface area contributed by atoms with Crippen molar-refractivity contribution in [2.24, 2.45) is 5.92 Å². The topological polar surface area (TPSA) is 15.3 Å². The molecule has 2 fully saturated rings. The molecule has 3 rings (SSSR count). The van der Waals surface area contributed by atoms with E-state index < -0.39 is 0 Å². The van der Waals surface area contributed by atoms with Gasteiger partial charge < -0.3 is 5.32 Å². The summed E-state index contributed by atoms with van der Waals surface area (Å²) in [5.41, 5.74) is 1.25. The second kappa shape index (κ2) is 6.23. The molecule has 1 saturated carbocycles. The third-order valence-corrected chi connectivity index (χ3v) is 5.32. The fourth-order valence-electron chi connectivity index (χ4n) is 3.06. The Hall–Kier alpha value is -0.280. The van der Waals surface area contributed by atoms with Crippen LogP contribution in [-0.2, 0) is 6.54 Å². The van der Waals surface area contributed by atoms with E-state index in [4.69, 9.17) is 23.2 Å². The fourth-order valence-corrected chi connectivity index (χ4v) is 3.39. The fraction of sp³-hybridized carbons (Fsp3) is 0.625. The van der Waals surface area contributed by atoms with E-state index in [1.165, 1.54) is 24.8 Å². The normalized spacial score (nSPS) is 28.4. The van der Waals surface area contributed by atoms with Gasteiger partial charge in [0.15, 0.2) is 0 Å². The lowest BCUT2D eigenvalue weighted by molar-refractivity contribution is 0.191. The van der Waals surface area contributed by atoms with Gasteiger partial charge in [0.2, 0.25) is 0 Å². The van der Waals surface area contributed by atoms with Crippen LogP contribution in [0.15, 0.2) is 18.2 Å². The lowest BCUT2D eigenvalue weighted by atomic mass is 10.1. The van der Waals surface area contributed by atoms with Gasteiger partial charge in [0.05, 0.1) is 10.0 Å². The second-order valence-electron chi connectivity index (χ2n) is 6.21. The minimum atomic E-state index is 0.612. The highest BCUT2D eigenvalue weighted by atomic mass is 35.5. The second-order valence-corrected chi connectivity index (χ2v) is 7.03. The van der Waals surface area contributed by atoms with Crippen LogP contribution in [0.3, 0.4) is 0 Å². The molecule has 1 aliphatic heterocycles. The maximum absolute atomic E-state index is 6.13. The van der Waals surface area contributed by atoms with Crippen molar-refractivity contribution in [3.05, 3.63) is 33.8 Å². The molecule has 0 radical (unpaired) electrons. The van der Waals surface area contributed by atoms with Gasteiger partial charge in [0.25, 0.3) is 0 Å². The van der Waals surface area contributed by atoms with Crippen molar-refractivity contribution in [1.29, 1.82) is 0 Å². The Morgan fingerprint density at radius 2 is 2.00 bits per heavy atom. The van der Waals surface area contributed by atoms with Gasteiger partial charge in [-0.3, -0.25) is 4.90 Å². The molecule has 2 aliphatic rings. The van der Waals surface area contributed by atoms with Crippen molar-refractivity contribution >= 4 is 23.2 Å². The highest BCUT2D eigenvalue weighted by molar-refractivity contribution is 6.42. The van der Waals surface area contributed by atoms with Gasteiger partial charge >= 0.3 is 0 Å². The Labute approximate surface area is 131 Å². The van der Waals surface area contributed by atoms with Gasteiger partial charge in [-0.05, 0) is 56.3 Å². The summed E-state index contributed by atoms with van der Waals surface area (Å²) >= 11 is 12.1. The van der Waals surface area contributed by atoms with Crippen LogP contribution in [0.25, 0.3) is 0 Å². The van der Waals surface area contributed by atoms with E-state index in [2.05, 4.69) is 23.2 Å². The van der Waals surface area contributed by atoms with E-state index >= 15 is 0 Å². The van der Waals surface area contributed by atoms with E-state index in [9.17, 15) is 0 Å². The zero-order valence-electron chi connectivity index (χ0n) is 11.9. The SMILES string of the molecule is CC1CCNC(C2CC2)CN1Cc1ccc(Cl)c(Cl)c1. The molecular formula is C16H22Cl2N2. The first kappa shape index (κ1) is 14.6. The highest BCUT2D eigenvalue weighted by Gasteiger charge is 2.34. The van der Waals surface area contributed by atoms with Gasteiger partial charge in [-0.2, -0.15) is 0 Å². The van der Waals surface area contributed by atoms with E-state index in [0.29, 0.717) is 22.1 Å². The van der Waals surface area contributed by atoms with Crippen LogP contribution in [-0.4, -0.2) is 30.1 Å². The van der Waals surface area contributed by atoms with E-state index in [0.717, 1.165) is 25.6 Å². The molecule has 1 aliphatic carbocycles. The van der Waals surface area contributed by atoms with Gasteiger partial charge in [-0.25, -0.2) is 0 Å². The maximum Gasteiger partial charge on any atom is 0.0595 e. The Morgan fingerprint density at radius 3 is 2.70 bits per heavy atom. The number of nitrogens with zero attached hydrogens (tertiary/aromatic N) is 1. The molecule has 1 heterocycles. The quantitative estimate of drug-likeness (QED) is 0.909. The van der Waals surface area contributed by atoms with Crippen LogP contribution in [0.1, 0.15) is 31.7 Å². The third-order valence-electron chi connectivity index (χ3n) is 4.58. The number of rotatable bonds is 3. The maximum atomic E-state index is 6.13. The molecule has 1 saturated heterocycles. The lowest BCUT2D eigenvalue weighted by Crippen LogP contribution is -2.40. The lowest BCUT2D eigenvalue weighted by Gasteiger charge is -2.29. The number of benzene rings is 1. The summed E-state index contributed by atoms with van der Waals surface area (Å²) in [5, 5.41) is 5.01. The van der Waals surface area contributed by atoms with Crippen LogP contribution in [0.2, 0.25) is 10.0 Å². The molecule has 4 heteroatoms. The molecule has 1 N–H and O–H groups in total. The summed E-state index contributed by atoms with van der Waals surface area (Å²) in [6.45, 7) is 5.57. The van der Waals surface area contributed by atoms with Gasteiger partial charge in [0, 0.05) is 25.2 Å². The summed E-state index contributed by atoms with van der Waals surface area (Å²) in [6.07, 6.45) is 4.00. The predicted molar refractivity (Wildman–Crippen MR) is 85.5 cm³/mol. The Morgan fingerprint density at radius 1 is 1.20 bits per heavy atom. The molecule has 2 nitrogen and oxygen atoms in total. The monoisotopic (exact) mass is 312 g/mol. The van der Waals surface area contributed by atoms with Crippen molar-refractivity contribution in [1.82, 2.24) is 10.2 Å². The molecule has 0 aromatic heterocycles. The van der Waals surface area contributed by atoms with E-state index in [1.807, 2.05) is 12.1 Å². The third kappa shape index (κ3) is 3.48. The number of hydrogen-bond donors (Lipinski definition) is 1. The summed E-state index contributed by atoms with van der Waals surface area (Å²) < 4.78 is 0. The van der Waals surface area contributed by atoms with Gasteiger partial charge in [-0.1, -0.05) is 29.3 Å². The van der Waals surface area contributed by atoms with Crippen LogP contribution in [0.5, 0.6) is 0 Å². The van der Waals surface area contributed by atoms with Gasteiger partial charge in [-0.15, -0.1) is 0 Å². The average molecular weight is 313 g/mol. The van der Waals surface area contributed by atoms with Crippen LogP contribution >= 0.6 is 23.2 Å². The first-order valence-corrected chi connectivity index (χ1v) is 8.30. The summed E-state index contributed by atoms with van der Waals surface area (Å²) in [5.74, 6) is 0.900. The molecule has 0 spiro atoms. The minimum absolute atomic E-state index is 0.612. The molecule has 110 valence electrons. The molecular weight excluding hydrogens is 291 g/mol. The van der Waals surface area contributed by atoms with Gasteiger partial charge in [0.1, 0.15) is 0 Å². The van der Waals surface area contributed by atoms with E-state index in [1.54, 1.807) is 0 Å². The van der Waals surface area contributed by atoms with Crippen molar-refractivity contribution in [2.45, 2.75) is 44.8 Å². The zero-order chi connectivity index (χ0) is 14.1. The van der Waals surface area contributed by atoms with Crippen LogP contribution in [0.4, 0.5) is 0 Å². The number of halogens is 2. The van der Waals surface area contributed by atoms with Crippen LogP contribution < -0.4 is 5.32 Å². The minimum Gasteiger partial charge on any atom is -0.312 e. The molecule has 0 bridgehead atoms. The summed E-state index contributed by atoms with van der Waals surface area (Å²) in [7, 11) is 0. The summed E-state index contributed by atoms with van der Waals surface area (Å²) in [6, 6.07) is 7.27. The Kier molecular flexibility index (Phi) is 4.56. The molecule has 20 heavy (non-hydrogen) atoms. The number of nitrogens with one attached hydrogen (secondary N) is 1. The number of hydrogen-bond acceptors (Lipinski definition) is 2. The first-order valence-electron chi connectivity index (χ1n) is 7.55. The van der Waals surface area contributed by atoms with Crippen LogP contribution in [0, 0.1) is 5.92 Å². The largest absolute Gasteiger partial charge is 0.312 e. The molecule has 1 aromatic rings. The first-order chi connectivity index (χ1) is 9.63. The summed E-state index contributed by atoms with van der Waals surface area (Å²) in [4.78, 5) is 2.59. The predicted octanol–water partition coefficient (Wildman–Crippen LogP) is 3.96. The molecule has 2 unspecified atom stereocenters.